The van der Waals surface area contributed by atoms with Gasteiger partial charge in [-0.2, -0.15) is 11.8 Å². The first-order chi connectivity index (χ1) is 8.54. The Kier molecular flexibility index (Phi) is 6.15. The Morgan fingerprint density at radius 1 is 1.56 bits per heavy atom. The first-order valence-corrected chi connectivity index (χ1v) is 7.18. The fraction of sp³-hybridized carbons (Fsp3) is 0.462. The van der Waals surface area contributed by atoms with E-state index in [1.54, 1.807) is 35.8 Å². The minimum atomic E-state index is -0.476. The van der Waals surface area contributed by atoms with Gasteiger partial charge < -0.3 is 10.6 Å². The molecule has 5 heteroatoms. The molecule has 2 N–H and O–H groups in total. The van der Waals surface area contributed by atoms with Crippen molar-refractivity contribution in [1.29, 1.82) is 0 Å². The molecule has 0 saturated heterocycles. The number of hydrogen-bond acceptors (Lipinski definition) is 3. The first kappa shape index (κ1) is 15.0. The Balaban J connectivity index is 2.54. The summed E-state index contributed by atoms with van der Waals surface area (Å²) in [6.45, 7) is 0.379. The topological polar surface area (TPSA) is 46.3 Å². The van der Waals surface area contributed by atoms with Crippen LogP contribution in [0.4, 0.5) is 4.39 Å². The summed E-state index contributed by atoms with van der Waals surface area (Å²) in [6.07, 6.45) is 2.64. The van der Waals surface area contributed by atoms with Crippen molar-refractivity contribution < 1.29 is 9.18 Å². The summed E-state index contributed by atoms with van der Waals surface area (Å²) < 4.78 is 13.0. The average Bonchev–Trinajstić information content (AvgIpc) is 2.35. The molecule has 1 aromatic rings. The van der Waals surface area contributed by atoms with Crippen LogP contribution in [0.15, 0.2) is 24.3 Å². The normalized spacial score (nSPS) is 12.2. The van der Waals surface area contributed by atoms with E-state index in [9.17, 15) is 9.18 Å². The maximum absolute atomic E-state index is 13.0. The van der Waals surface area contributed by atoms with E-state index in [0.29, 0.717) is 13.0 Å². The Hall–Kier alpha value is -1.07. The first-order valence-electron chi connectivity index (χ1n) is 5.78. The summed E-state index contributed by atoms with van der Waals surface area (Å²) in [6, 6.07) is 5.76. The van der Waals surface area contributed by atoms with Gasteiger partial charge >= 0.3 is 0 Å². The van der Waals surface area contributed by atoms with Crippen LogP contribution in [0.1, 0.15) is 12.0 Å². The summed E-state index contributed by atoms with van der Waals surface area (Å²) in [5.41, 5.74) is 6.58. The maximum atomic E-state index is 13.0. The van der Waals surface area contributed by atoms with E-state index in [0.717, 1.165) is 11.3 Å². The Morgan fingerprint density at radius 3 is 2.89 bits per heavy atom. The number of nitrogens with two attached hydrogens (primary N) is 1. The molecule has 0 fully saturated rings. The molecule has 0 spiro atoms. The molecule has 18 heavy (non-hydrogen) atoms. The highest BCUT2D eigenvalue weighted by atomic mass is 32.2. The number of carbonyl (C=O) groups is 1. The highest BCUT2D eigenvalue weighted by Crippen LogP contribution is 2.08. The van der Waals surface area contributed by atoms with Crippen molar-refractivity contribution in [2.75, 3.05) is 19.1 Å². The van der Waals surface area contributed by atoms with E-state index < -0.39 is 6.04 Å². The zero-order valence-electron chi connectivity index (χ0n) is 10.7. The molecule has 1 aromatic carbocycles. The zero-order valence-corrected chi connectivity index (χ0v) is 11.5. The van der Waals surface area contributed by atoms with Crippen LogP contribution in [0.5, 0.6) is 0 Å². The maximum Gasteiger partial charge on any atom is 0.239 e. The molecule has 0 bridgehead atoms. The van der Waals surface area contributed by atoms with Crippen LogP contribution in [0.25, 0.3) is 0 Å². The van der Waals surface area contributed by atoms with Gasteiger partial charge in [-0.3, -0.25) is 4.79 Å². The molecule has 0 aliphatic carbocycles. The summed E-state index contributed by atoms with van der Waals surface area (Å²) in [7, 11) is 1.69. The van der Waals surface area contributed by atoms with Crippen LogP contribution in [0.3, 0.4) is 0 Å². The molecule has 0 unspecified atom stereocenters. The Bertz CT molecular complexity index is 400. The molecule has 0 radical (unpaired) electrons. The second-order valence-corrected chi connectivity index (χ2v) is 5.20. The summed E-state index contributed by atoms with van der Waals surface area (Å²) >= 11 is 1.66. The lowest BCUT2D eigenvalue weighted by Crippen LogP contribution is -2.41. The number of halogens is 1. The lowest BCUT2D eigenvalue weighted by Gasteiger charge is -2.21. The van der Waals surface area contributed by atoms with Gasteiger partial charge in [0.25, 0.3) is 0 Å². The zero-order chi connectivity index (χ0) is 13.5. The van der Waals surface area contributed by atoms with Gasteiger partial charge in [-0.1, -0.05) is 12.1 Å². The van der Waals surface area contributed by atoms with E-state index in [2.05, 4.69) is 0 Å². The standard InChI is InChI=1S/C13H19FN2OS/c1-16(13(17)12(15)6-7-18-2)9-10-4-3-5-11(14)8-10/h3-5,8,12H,6-7,9,15H2,1-2H3/t12-/m1/s1. The van der Waals surface area contributed by atoms with Gasteiger partial charge in [0.05, 0.1) is 6.04 Å². The summed E-state index contributed by atoms with van der Waals surface area (Å²) in [4.78, 5) is 13.5. The van der Waals surface area contributed by atoms with Gasteiger partial charge in [0.15, 0.2) is 0 Å². The third-order valence-electron chi connectivity index (χ3n) is 2.64. The van der Waals surface area contributed by atoms with Crippen molar-refractivity contribution in [1.82, 2.24) is 4.90 Å². The number of rotatable bonds is 6. The number of likely N-dealkylation sites (N-methyl/N-ethyl adjacent to an activating group) is 1. The minimum Gasteiger partial charge on any atom is -0.340 e. The molecule has 0 aliphatic rings. The fourth-order valence-electron chi connectivity index (χ4n) is 1.64. The van der Waals surface area contributed by atoms with E-state index in [1.807, 2.05) is 6.26 Å². The molecule has 1 rings (SSSR count). The third-order valence-corrected chi connectivity index (χ3v) is 3.28. The molecule has 1 atom stereocenters. The number of hydrogen-bond donors (Lipinski definition) is 1. The van der Waals surface area contributed by atoms with Gasteiger partial charge in [0.1, 0.15) is 5.82 Å². The molecular formula is C13H19FN2OS. The van der Waals surface area contributed by atoms with Crippen LogP contribution >= 0.6 is 11.8 Å². The third kappa shape index (κ3) is 4.66. The fourth-order valence-corrected chi connectivity index (χ4v) is 2.13. The SMILES string of the molecule is CSCC[C@@H](N)C(=O)N(C)Cc1cccc(F)c1. The number of benzene rings is 1. The molecule has 3 nitrogen and oxygen atoms in total. The van der Waals surface area contributed by atoms with Gasteiger partial charge in [0, 0.05) is 13.6 Å². The number of nitrogens with zero attached hydrogens (tertiary/aromatic N) is 1. The number of carbonyl (C=O) groups excluding carboxylic acids is 1. The molecule has 0 aromatic heterocycles. The van der Waals surface area contributed by atoms with Gasteiger partial charge in [0.2, 0.25) is 5.91 Å². The summed E-state index contributed by atoms with van der Waals surface area (Å²) in [5.74, 6) is 0.467. The summed E-state index contributed by atoms with van der Waals surface area (Å²) in [5, 5.41) is 0. The second-order valence-electron chi connectivity index (χ2n) is 4.21. The van der Waals surface area contributed by atoms with Crippen molar-refractivity contribution in [2.45, 2.75) is 19.0 Å². The van der Waals surface area contributed by atoms with Crippen molar-refractivity contribution in [3.8, 4) is 0 Å². The van der Waals surface area contributed by atoms with Crippen molar-refractivity contribution >= 4 is 17.7 Å². The lowest BCUT2D eigenvalue weighted by atomic mass is 10.1. The van der Waals surface area contributed by atoms with Gasteiger partial charge in [-0.15, -0.1) is 0 Å². The van der Waals surface area contributed by atoms with Crippen molar-refractivity contribution in [3.05, 3.63) is 35.6 Å². The lowest BCUT2D eigenvalue weighted by molar-refractivity contribution is -0.131. The molecule has 0 heterocycles. The Morgan fingerprint density at radius 2 is 2.28 bits per heavy atom. The van der Waals surface area contributed by atoms with Crippen LogP contribution in [0, 0.1) is 5.82 Å². The van der Waals surface area contributed by atoms with Gasteiger partial charge in [-0.25, -0.2) is 4.39 Å². The molecule has 0 aliphatic heterocycles. The molecule has 0 saturated carbocycles. The van der Waals surface area contributed by atoms with Crippen LogP contribution < -0.4 is 5.73 Å². The van der Waals surface area contributed by atoms with Crippen molar-refractivity contribution in [3.63, 3.8) is 0 Å². The smallest absolute Gasteiger partial charge is 0.239 e. The molecule has 1 amide bonds. The quantitative estimate of drug-likeness (QED) is 0.858. The number of amides is 1. The Labute approximate surface area is 112 Å². The average molecular weight is 270 g/mol. The highest BCUT2D eigenvalue weighted by Gasteiger charge is 2.17. The molecular weight excluding hydrogens is 251 g/mol. The van der Waals surface area contributed by atoms with Crippen LogP contribution in [-0.2, 0) is 11.3 Å². The van der Waals surface area contributed by atoms with Gasteiger partial charge in [-0.05, 0) is 36.1 Å². The predicted molar refractivity (Wildman–Crippen MR) is 73.8 cm³/mol. The van der Waals surface area contributed by atoms with Crippen molar-refractivity contribution in [2.24, 2.45) is 5.73 Å². The van der Waals surface area contributed by atoms with E-state index in [1.165, 1.54) is 12.1 Å². The predicted octanol–water partition coefficient (Wildman–Crippen LogP) is 1.86. The largest absolute Gasteiger partial charge is 0.340 e. The van der Waals surface area contributed by atoms with Crippen LogP contribution in [-0.4, -0.2) is 35.9 Å². The molecule has 100 valence electrons. The van der Waals surface area contributed by atoms with Crippen LogP contribution in [0.2, 0.25) is 0 Å². The van der Waals surface area contributed by atoms with E-state index in [-0.39, 0.29) is 11.7 Å². The minimum absolute atomic E-state index is 0.103. The second kappa shape index (κ2) is 7.38. The number of thioether (sulfide) groups is 1. The highest BCUT2D eigenvalue weighted by molar-refractivity contribution is 7.98. The van der Waals surface area contributed by atoms with E-state index >= 15 is 0 Å². The monoisotopic (exact) mass is 270 g/mol. The van der Waals surface area contributed by atoms with E-state index in [4.69, 9.17) is 5.73 Å².